The van der Waals surface area contributed by atoms with E-state index in [1.165, 1.54) is 11.3 Å². The van der Waals surface area contributed by atoms with Gasteiger partial charge in [0.15, 0.2) is 15.4 Å². The highest BCUT2D eigenvalue weighted by Gasteiger charge is 2.17. The van der Waals surface area contributed by atoms with E-state index in [1.807, 2.05) is 48.9 Å². The second-order valence-corrected chi connectivity index (χ2v) is 8.16. The molecule has 0 aliphatic rings. The number of rotatable bonds is 5. The van der Waals surface area contributed by atoms with Gasteiger partial charge in [-0.1, -0.05) is 41.3 Å². The van der Waals surface area contributed by atoms with E-state index >= 15 is 0 Å². The molecule has 0 N–H and O–H groups in total. The number of para-hydroxylation sites is 1. The maximum absolute atomic E-state index is 9.04. The smallest absolute Gasteiger partial charge is 0.248 e. The molecule has 0 fully saturated rings. The molecule has 5 aromatic rings. The number of thioether (sulfide) groups is 1. The highest BCUT2D eigenvalue weighted by Crippen LogP contribution is 2.31. The summed E-state index contributed by atoms with van der Waals surface area (Å²) in [7, 11) is 0. The van der Waals surface area contributed by atoms with Crippen LogP contribution in [-0.4, -0.2) is 25.8 Å². The third-order valence-corrected chi connectivity index (χ3v) is 6.15. The molecule has 0 spiro atoms. The van der Waals surface area contributed by atoms with Crippen LogP contribution in [-0.2, 0) is 6.61 Å². The van der Waals surface area contributed by atoms with E-state index in [-0.39, 0.29) is 0 Å². The van der Waals surface area contributed by atoms with E-state index in [0.717, 1.165) is 14.9 Å². The SMILES string of the molecule is CSc1nn2cc(-c3nc4c(OCc5cccc(C#N)c5)cccc4o3)nc2s1. The molecule has 0 unspecified atom stereocenters. The van der Waals surface area contributed by atoms with Crippen LogP contribution in [0, 0.1) is 11.3 Å². The summed E-state index contributed by atoms with van der Waals surface area (Å²) >= 11 is 3.10. The molecule has 5 rings (SSSR count). The number of hydrogen-bond acceptors (Lipinski definition) is 8. The first-order valence-electron chi connectivity index (χ1n) is 8.65. The van der Waals surface area contributed by atoms with Gasteiger partial charge in [0.2, 0.25) is 10.9 Å². The molecule has 0 aliphatic carbocycles. The summed E-state index contributed by atoms with van der Waals surface area (Å²) in [5, 5.41) is 13.5. The van der Waals surface area contributed by atoms with Gasteiger partial charge in [0.05, 0.1) is 17.8 Å². The van der Waals surface area contributed by atoms with Gasteiger partial charge in [0.1, 0.15) is 18.1 Å². The van der Waals surface area contributed by atoms with Crippen molar-refractivity contribution in [2.24, 2.45) is 0 Å². The second-order valence-electron chi connectivity index (χ2n) is 6.15. The third kappa shape index (κ3) is 3.33. The maximum Gasteiger partial charge on any atom is 0.248 e. The van der Waals surface area contributed by atoms with Crippen LogP contribution in [0.1, 0.15) is 11.1 Å². The second kappa shape index (κ2) is 7.24. The molecule has 2 aromatic carbocycles. The van der Waals surface area contributed by atoms with E-state index < -0.39 is 0 Å². The summed E-state index contributed by atoms with van der Waals surface area (Å²) in [6.07, 6.45) is 3.79. The van der Waals surface area contributed by atoms with Gasteiger partial charge < -0.3 is 9.15 Å². The fourth-order valence-electron chi connectivity index (χ4n) is 2.91. The Morgan fingerprint density at radius 2 is 2.14 bits per heavy atom. The summed E-state index contributed by atoms with van der Waals surface area (Å²) in [4.78, 5) is 9.96. The number of imidazole rings is 1. The first kappa shape index (κ1) is 17.7. The van der Waals surface area contributed by atoms with Crippen molar-refractivity contribution >= 4 is 39.2 Å². The summed E-state index contributed by atoms with van der Waals surface area (Å²) in [5.74, 6) is 1.04. The molecule has 0 bridgehead atoms. The largest absolute Gasteiger partial charge is 0.486 e. The van der Waals surface area contributed by atoms with Crippen LogP contribution in [0.15, 0.2) is 57.4 Å². The van der Waals surface area contributed by atoms with Crippen LogP contribution >= 0.6 is 23.1 Å². The molecule has 3 heterocycles. The van der Waals surface area contributed by atoms with Crippen molar-refractivity contribution in [3.05, 3.63) is 59.8 Å². The number of nitrogens with zero attached hydrogens (tertiary/aromatic N) is 5. The van der Waals surface area contributed by atoms with Crippen molar-refractivity contribution in [2.75, 3.05) is 6.26 Å². The highest BCUT2D eigenvalue weighted by atomic mass is 32.2. The number of fused-ring (bicyclic) bond motifs is 2. The fraction of sp³-hybridized carbons (Fsp3) is 0.100. The molecular weight excluding hydrogens is 406 g/mol. The molecule has 0 radical (unpaired) electrons. The predicted molar refractivity (Wildman–Crippen MR) is 111 cm³/mol. The molecule has 7 nitrogen and oxygen atoms in total. The normalized spacial score (nSPS) is 11.2. The number of aromatic nitrogens is 4. The zero-order valence-electron chi connectivity index (χ0n) is 15.2. The van der Waals surface area contributed by atoms with E-state index in [0.29, 0.717) is 40.6 Å². The third-order valence-electron chi connectivity index (χ3n) is 4.25. The average Bonchev–Trinajstić information content (AvgIpc) is 3.44. The Balaban J connectivity index is 1.45. The summed E-state index contributed by atoms with van der Waals surface area (Å²) in [6.45, 7) is 0.332. The first-order valence-corrected chi connectivity index (χ1v) is 10.7. The van der Waals surface area contributed by atoms with Gasteiger partial charge >= 0.3 is 0 Å². The number of oxazole rings is 1. The van der Waals surface area contributed by atoms with E-state index in [9.17, 15) is 0 Å². The van der Waals surface area contributed by atoms with Crippen molar-refractivity contribution in [2.45, 2.75) is 10.9 Å². The van der Waals surface area contributed by atoms with Gasteiger partial charge in [-0.05, 0) is 36.1 Å². The Bertz CT molecular complexity index is 1350. The van der Waals surface area contributed by atoms with Gasteiger partial charge in [0, 0.05) is 0 Å². The minimum atomic E-state index is 0.332. The van der Waals surface area contributed by atoms with E-state index in [2.05, 4.69) is 21.1 Å². The maximum atomic E-state index is 9.04. The Hall–Kier alpha value is -3.35. The Labute approximate surface area is 173 Å². The molecule has 3 aromatic heterocycles. The Morgan fingerprint density at radius 3 is 2.97 bits per heavy atom. The van der Waals surface area contributed by atoms with Crippen molar-refractivity contribution < 1.29 is 9.15 Å². The first-order chi connectivity index (χ1) is 14.2. The van der Waals surface area contributed by atoms with Crippen LogP contribution in [0.3, 0.4) is 0 Å². The lowest BCUT2D eigenvalue weighted by molar-refractivity contribution is 0.309. The number of hydrogen-bond donors (Lipinski definition) is 0. The van der Waals surface area contributed by atoms with Gasteiger partial charge in [-0.15, -0.1) is 5.10 Å². The van der Waals surface area contributed by atoms with Gasteiger partial charge in [0.25, 0.3) is 0 Å². The molecule has 0 saturated carbocycles. The lowest BCUT2D eigenvalue weighted by Gasteiger charge is -2.06. The standard InChI is InChI=1S/C20H13N5O2S2/c1-28-20-24-25-10-14(22-19(25)29-20)18-23-17-15(6-3-7-16(17)27-18)26-11-13-5-2-4-12(8-13)9-21/h2-8,10H,11H2,1H3. The Kier molecular flexibility index (Phi) is 4.42. The summed E-state index contributed by atoms with van der Waals surface area (Å²) in [5.41, 5.74) is 3.39. The van der Waals surface area contributed by atoms with E-state index in [1.54, 1.807) is 22.3 Å². The zero-order valence-corrected chi connectivity index (χ0v) is 16.8. The lowest BCUT2D eigenvalue weighted by atomic mass is 10.1. The van der Waals surface area contributed by atoms with Crippen LogP contribution in [0.25, 0.3) is 27.6 Å². The summed E-state index contributed by atoms with van der Waals surface area (Å²) in [6, 6.07) is 15.0. The molecule has 0 aliphatic heterocycles. The van der Waals surface area contributed by atoms with Crippen LogP contribution in [0.4, 0.5) is 0 Å². The van der Waals surface area contributed by atoms with Crippen molar-refractivity contribution in [1.82, 2.24) is 19.6 Å². The minimum Gasteiger partial charge on any atom is -0.486 e. The zero-order chi connectivity index (χ0) is 19.8. The summed E-state index contributed by atoms with van der Waals surface area (Å²) < 4.78 is 14.5. The molecule has 29 heavy (non-hydrogen) atoms. The van der Waals surface area contributed by atoms with Gasteiger partial charge in [-0.25, -0.2) is 14.5 Å². The van der Waals surface area contributed by atoms with Gasteiger partial charge in [-0.3, -0.25) is 0 Å². The monoisotopic (exact) mass is 419 g/mol. The molecule has 9 heteroatoms. The Morgan fingerprint density at radius 1 is 1.24 bits per heavy atom. The molecule has 142 valence electrons. The van der Waals surface area contributed by atoms with Crippen molar-refractivity contribution in [3.8, 4) is 23.4 Å². The minimum absolute atomic E-state index is 0.332. The van der Waals surface area contributed by atoms with E-state index in [4.69, 9.17) is 14.4 Å². The van der Waals surface area contributed by atoms with Crippen molar-refractivity contribution in [1.29, 1.82) is 5.26 Å². The quantitative estimate of drug-likeness (QED) is 0.379. The van der Waals surface area contributed by atoms with Crippen LogP contribution in [0.2, 0.25) is 0 Å². The number of ether oxygens (including phenoxy) is 1. The molecular formula is C20H13N5O2S2. The van der Waals surface area contributed by atoms with Crippen LogP contribution in [0.5, 0.6) is 5.75 Å². The molecule has 0 saturated heterocycles. The topological polar surface area (TPSA) is 89.2 Å². The molecule has 0 amide bonds. The van der Waals surface area contributed by atoms with Gasteiger partial charge in [-0.2, -0.15) is 5.26 Å². The van der Waals surface area contributed by atoms with Crippen molar-refractivity contribution in [3.63, 3.8) is 0 Å². The number of nitriles is 1. The predicted octanol–water partition coefficient (Wildman–Crippen LogP) is 4.77. The molecule has 0 atom stereocenters. The average molecular weight is 419 g/mol. The van der Waals surface area contributed by atoms with Crippen LogP contribution < -0.4 is 4.74 Å². The highest BCUT2D eigenvalue weighted by molar-refractivity contribution is 8.00. The lowest BCUT2D eigenvalue weighted by Crippen LogP contribution is -1.96. The fourth-order valence-corrected chi connectivity index (χ4v) is 4.25. The number of benzene rings is 2.